The first-order chi connectivity index (χ1) is 10.7. The van der Waals surface area contributed by atoms with Crippen LogP contribution in [0.3, 0.4) is 0 Å². The number of nitrogens with two attached hydrogens (primary N) is 1. The Bertz CT molecular complexity index is 665. The minimum Gasteiger partial charge on any atom is -0.497 e. The third kappa shape index (κ3) is 2.95. The van der Waals surface area contributed by atoms with E-state index in [1.165, 1.54) is 0 Å². The minimum atomic E-state index is 0.150. The van der Waals surface area contributed by atoms with Crippen LogP contribution in [0, 0.1) is 5.92 Å². The summed E-state index contributed by atoms with van der Waals surface area (Å²) in [6.45, 7) is 2.26. The number of fused-ring (bicyclic) bond motifs is 1. The Balaban J connectivity index is 1.74. The highest BCUT2D eigenvalue weighted by Gasteiger charge is 2.23. The Hall–Kier alpha value is -2.01. The zero-order valence-electron chi connectivity index (χ0n) is 12.9. The number of ether oxygens (including phenoxy) is 1. The molecule has 0 radical (unpaired) electrons. The van der Waals surface area contributed by atoms with Crippen LogP contribution in [0.4, 0.5) is 0 Å². The van der Waals surface area contributed by atoms with Gasteiger partial charge in [0.15, 0.2) is 0 Å². The van der Waals surface area contributed by atoms with Crippen LogP contribution in [0.25, 0.3) is 11.0 Å². The van der Waals surface area contributed by atoms with Gasteiger partial charge in [0.2, 0.25) is 5.91 Å². The minimum absolute atomic E-state index is 0.150. The molecule has 22 heavy (non-hydrogen) atoms. The quantitative estimate of drug-likeness (QED) is 0.940. The predicted molar refractivity (Wildman–Crippen MR) is 84.8 cm³/mol. The molecule has 1 fully saturated rings. The van der Waals surface area contributed by atoms with E-state index < -0.39 is 0 Å². The van der Waals surface area contributed by atoms with Gasteiger partial charge in [-0.05, 0) is 37.4 Å². The summed E-state index contributed by atoms with van der Waals surface area (Å²) < 4.78 is 10.7. The molecular weight excluding hydrogens is 280 g/mol. The largest absolute Gasteiger partial charge is 0.497 e. The fourth-order valence-electron chi connectivity index (χ4n) is 3.09. The van der Waals surface area contributed by atoms with Crippen LogP contribution < -0.4 is 10.5 Å². The second kappa shape index (κ2) is 6.40. The van der Waals surface area contributed by atoms with E-state index in [9.17, 15) is 4.79 Å². The summed E-state index contributed by atoms with van der Waals surface area (Å²) in [4.78, 5) is 14.4. The topological polar surface area (TPSA) is 68.7 Å². The summed E-state index contributed by atoms with van der Waals surface area (Å²) in [5.41, 5.74) is 7.42. The van der Waals surface area contributed by atoms with Crippen molar-refractivity contribution in [2.24, 2.45) is 11.7 Å². The molecule has 1 amide bonds. The smallest absolute Gasteiger partial charge is 0.227 e. The molecule has 1 aliphatic rings. The molecule has 1 atom stereocenters. The summed E-state index contributed by atoms with van der Waals surface area (Å²) in [6, 6.07) is 5.67. The predicted octanol–water partition coefficient (Wildman–Crippen LogP) is 2.18. The van der Waals surface area contributed by atoms with Crippen LogP contribution in [-0.4, -0.2) is 37.6 Å². The van der Waals surface area contributed by atoms with Crippen molar-refractivity contribution in [3.8, 4) is 5.75 Å². The fourth-order valence-corrected chi connectivity index (χ4v) is 3.09. The van der Waals surface area contributed by atoms with E-state index in [1.54, 1.807) is 13.4 Å². The van der Waals surface area contributed by atoms with E-state index in [0.29, 0.717) is 18.9 Å². The van der Waals surface area contributed by atoms with E-state index in [2.05, 4.69) is 0 Å². The molecule has 0 bridgehead atoms. The average molecular weight is 302 g/mol. The first kappa shape index (κ1) is 14.9. The van der Waals surface area contributed by atoms with E-state index in [0.717, 1.165) is 48.2 Å². The number of likely N-dealkylation sites (tertiary alicyclic amines) is 1. The number of nitrogens with zero attached hydrogens (tertiary/aromatic N) is 1. The van der Waals surface area contributed by atoms with Crippen LogP contribution >= 0.6 is 0 Å². The SMILES string of the molecule is COc1ccc2c(CC(=O)N3CCCC(CN)C3)coc2c1. The number of piperidine rings is 1. The highest BCUT2D eigenvalue weighted by molar-refractivity contribution is 5.88. The lowest BCUT2D eigenvalue weighted by molar-refractivity contribution is -0.132. The molecule has 5 nitrogen and oxygen atoms in total. The Kier molecular flexibility index (Phi) is 4.34. The lowest BCUT2D eigenvalue weighted by Crippen LogP contribution is -2.42. The number of hydrogen-bond acceptors (Lipinski definition) is 4. The molecule has 1 aromatic carbocycles. The Morgan fingerprint density at radius 3 is 3.14 bits per heavy atom. The molecule has 0 spiro atoms. The van der Waals surface area contributed by atoms with Crippen LogP contribution in [0.5, 0.6) is 5.75 Å². The van der Waals surface area contributed by atoms with Gasteiger partial charge in [0.1, 0.15) is 11.3 Å². The Morgan fingerprint density at radius 1 is 1.50 bits per heavy atom. The normalized spacial score (nSPS) is 18.6. The van der Waals surface area contributed by atoms with Gasteiger partial charge in [-0.3, -0.25) is 4.79 Å². The number of rotatable bonds is 4. The highest BCUT2D eigenvalue weighted by atomic mass is 16.5. The van der Waals surface area contributed by atoms with Crippen LogP contribution in [0.1, 0.15) is 18.4 Å². The number of hydrogen-bond donors (Lipinski definition) is 1. The first-order valence-corrected chi connectivity index (χ1v) is 7.73. The van der Waals surface area contributed by atoms with Crippen molar-refractivity contribution in [1.82, 2.24) is 4.90 Å². The number of furan rings is 1. The molecule has 5 heteroatoms. The van der Waals surface area contributed by atoms with Gasteiger partial charge in [0.25, 0.3) is 0 Å². The lowest BCUT2D eigenvalue weighted by atomic mass is 9.97. The van der Waals surface area contributed by atoms with E-state index in [1.807, 2.05) is 23.1 Å². The standard InChI is InChI=1S/C17H22N2O3/c1-21-14-4-5-15-13(11-22-16(15)8-14)7-17(20)19-6-2-3-12(9-18)10-19/h4-5,8,11-12H,2-3,6-7,9-10,18H2,1H3. The summed E-state index contributed by atoms with van der Waals surface area (Å²) in [5.74, 6) is 1.33. The molecule has 2 heterocycles. The Morgan fingerprint density at radius 2 is 2.36 bits per heavy atom. The summed E-state index contributed by atoms with van der Waals surface area (Å²) in [6.07, 6.45) is 4.20. The molecule has 1 aromatic heterocycles. The van der Waals surface area contributed by atoms with Crippen molar-refractivity contribution >= 4 is 16.9 Å². The third-order valence-electron chi connectivity index (χ3n) is 4.41. The number of methoxy groups -OCH3 is 1. The molecule has 1 saturated heterocycles. The van der Waals surface area contributed by atoms with Gasteiger partial charge in [-0.15, -0.1) is 0 Å². The summed E-state index contributed by atoms with van der Waals surface area (Å²) >= 11 is 0. The zero-order chi connectivity index (χ0) is 15.5. The van der Waals surface area contributed by atoms with Gasteiger partial charge in [-0.2, -0.15) is 0 Å². The molecule has 2 aromatic rings. The van der Waals surface area contributed by atoms with Crippen molar-refractivity contribution in [2.45, 2.75) is 19.3 Å². The second-order valence-corrected chi connectivity index (χ2v) is 5.88. The van der Waals surface area contributed by atoms with E-state index in [4.69, 9.17) is 14.9 Å². The molecule has 2 N–H and O–H groups in total. The van der Waals surface area contributed by atoms with Gasteiger partial charge in [0, 0.05) is 30.1 Å². The maximum atomic E-state index is 12.5. The maximum absolute atomic E-state index is 12.5. The number of benzene rings is 1. The third-order valence-corrected chi connectivity index (χ3v) is 4.41. The zero-order valence-corrected chi connectivity index (χ0v) is 12.9. The monoisotopic (exact) mass is 302 g/mol. The van der Waals surface area contributed by atoms with Gasteiger partial charge in [-0.25, -0.2) is 0 Å². The van der Waals surface area contributed by atoms with Gasteiger partial charge >= 0.3 is 0 Å². The van der Waals surface area contributed by atoms with Crippen molar-refractivity contribution in [1.29, 1.82) is 0 Å². The lowest BCUT2D eigenvalue weighted by Gasteiger charge is -2.32. The van der Waals surface area contributed by atoms with Crippen LogP contribution in [0.15, 0.2) is 28.9 Å². The van der Waals surface area contributed by atoms with Gasteiger partial charge in [0.05, 0.1) is 19.8 Å². The van der Waals surface area contributed by atoms with E-state index in [-0.39, 0.29) is 5.91 Å². The molecule has 3 rings (SSSR count). The number of carbonyl (C=O) groups excluding carboxylic acids is 1. The Labute approximate surface area is 130 Å². The van der Waals surface area contributed by atoms with Crippen LogP contribution in [-0.2, 0) is 11.2 Å². The average Bonchev–Trinajstić information content (AvgIpc) is 2.96. The van der Waals surface area contributed by atoms with Gasteiger partial charge in [-0.1, -0.05) is 0 Å². The number of carbonyl (C=O) groups is 1. The molecule has 118 valence electrons. The van der Waals surface area contributed by atoms with Crippen molar-refractivity contribution in [3.05, 3.63) is 30.0 Å². The second-order valence-electron chi connectivity index (χ2n) is 5.88. The van der Waals surface area contributed by atoms with E-state index >= 15 is 0 Å². The number of amides is 1. The highest BCUT2D eigenvalue weighted by Crippen LogP contribution is 2.26. The van der Waals surface area contributed by atoms with Crippen molar-refractivity contribution in [2.75, 3.05) is 26.7 Å². The molecular formula is C17H22N2O3. The van der Waals surface area contributed by atoms with Gasteiger partial charge < -0.3 is 19.8 Å². The summed E-state index contributed by atoms with van der Waals surface area (Å²) in [7, 11) is 1.62. The summed E-state index contributed by atoms with van der Waals surface area (Å²) in [5, 5.41) is 0.974. The molecule has 0 aliphatic carbocycles. The van der Waals surface area contributed by atoms with Crippen molar-refractivity contribution in [3.63, 3.8) is 0 Å². The maximum Gasteiger partial charge on any atom is 0.227 e. The molecule has 1 unspecified atom stereocenters. The molecule has 1 aliphatic heterocycles. The first-order valence-electron chi connectivity index (χ1n) is 7.73. The fraction of sp³-hybridized carbons (Fsp3) is 0.471. The van der Waals surface area contributed by atoms with Crippen LogP contribution in [0.2, 0.25) is 0 Å². The molecule has 0 saturated carbocycles. The van der Waals surface area contributed by atoms with Crippen molar-refractivity contribution < 1.29 is 13.9 Å².